The van der Waals surface area contributed by atoms with Crippen molar-refractivity contribution in [3.05, 3.63) is 35.3 Å². The number of rotatable bonds is 2. The molecule has 0 radical (unpaired) electrons. The normalized spacial score (nSPS) is 10.6. The second-order valence-electron chi connectivity index (χ2n) is 3.26. The van der Waals surface area contributed by atoms with Crippen molar-refractivity contribution in [1.82, 2.24) is 5.16 Å². The molecule has 0 saturated carbocycles. The minimum Gasteiger partial charge on any atom is -0.504 e. The second-order valence-corrected chi connectivity index (χ2v) is 3.26. The Balaban J connectivity index is 2.66. The van der Waals surface area contributed by atoms with Crippen LogP contribution >= 0.6 is 0 Å². The standard InChI is InChI=1S/C10H4F3NO4/c11-3-1-4(12)9(15)7(8(3)13)6-2-5(10(16)17)14-18-6/h1-2,15H,(H,16,17). The van der Waals surface area contributed by atoms with Gasteiger partial charge in [0.1, 0.15) is 5.56 Å². The fourth-order valence-electron chi connectivity index (χ4n) is 1.30. The molecule has 2 N–H and O–H groups in total. The molecule has 0 aliphatic rings. The van der Waals surface area contributed by atoms with Crippen LogP contribution in [0.5, 0.6) is 5.75 Å². The van der Waals surface area contributed by atoms with Crippen molar-refractivity contribution < 1.29 is 32.7 Å². The van der Waals surface area contributed by atoms with Crippen LogP contribution in [0, 0.1) is 17.5 Å². The monoisotopic (exact) mass is 259 g/mol. The van der Waals surface area contributed by atoms with Crippen molar-refractivity contribution in [2.24, 2.45) is 0 Å². The van der Waals surface area contributed by atoms with Crippen LogP contribution in [0.25, 0.3) is 11.3 Å². The lowest BCUT2D eigenvalue weighted by Gasteiger charge is -2.04. The van der Waals surface area contributed by atoms with Crippen LogP contribution in [-0.4, -0.2) is 21.3 Å². The lowest BCUT2D eigenvalue weighted by molar-refractivity contribution is 0.0686. The zero-order chi connectivity index (χ0) is 13.4. The van der Waals surface area contributed by atoms with Gasteiger partial charge in [-0.25, -0.2) is 18.0 Å². The lowest BCUT2D eigenvalue weighted by atomic mass is 10.1. The molecule has 0 aliphatic carbocycles. The molecule has 0 atom stereocenters. The molecule has 0 aliphatic heterocycles. The molecule has 0 amide bonds. The summed E-state index contributed by atoms with van der Waals surface area (Å²) in [5, 5.41) is 20.9. The van der Waals surface area contributed by atoms with E-state index in [9.17, 15) is 23.1 Å². The number of aromatic hydroxyl groups is 1. The van der Waals surface area contributed by atoms with E-state index in [1.54, 1.807) is 0 Å². The smallest absolute Gasteiger partial charge is 0.358 e. The largest absolute Gasteiger partial charge is 0.504 e. The van der Waals surface area contributed by atoms with Gasteiger partial charge in [-0.3, -0.25) is 0 Å². The van der Waals surface area contributed by atoms with Crippen molar-refractivity contribution in [1.29, 1.82) is 0 Å². The molecule has 0 unspecified atom stereocenters. The number of nitrogens with zero attached hydrogens (tertiary/aromatic N) is 1. The third-order valence-corrected chi connectivity index (χ3v) is 2.12. The summed E-state index contributed by atoms with van der Waals surface area (Å²) >= 11 is 0. The molecular formula is C10H4F3NO4. The first-order chi connectivity index (χ1) is 8.41. The third-order valence-electron chi connectivity index (χ3n) is 2.12. The number of carboxylic acids is 1. The molecule has 1 aromatic carbocycles. The Morgan fingerprint density at radius 3 is 2.44 bits per heavy atom. The van der Waals surface area contributed by atoms with Gasteiger partial charge in [0.05, 0.1) is 0 Å². The fourth-order valence-corrected chi connectivity index (χ4v) is 1.30. The van der Waals surface area contributed by atoms with Crippen molar-refractivity contribution in [3.63, 3.8) is 0 Å². The predicted molar refractivity (Wildman–Crippen MR) is 50.4 cm³/mol. The van der Waals surface area contributed by atoms with E-state index in [-0.39, 0.29) is 6.07 Å². The summed E-state index contributed by atoms with van der Waals surface area (Å²) in [7, 11) is 0. The summed E-state index contributed by atoms with van der Waals surface area (Å²) in [5.74, 6) is -7.78. The van der Waals surface area contributed by atoms with E-state index < -0.39 is 46.2 Å². The summed E-state index contributed by atoms with van der Waals surface area (Å²) in [6, 6.07) is 0.891. The quantitative estimate of drug-likeness (QED) is 0.807. The first kappa shape index (κ1) is 12.0. The highest BCUT2D eigenvalue weighted by Gasteiger charge is 2.24. The van der Waals surface area contributed by atoms with Crippen LogP contribution in [0.15, 0.2) is 16.7 Å². The molecule has 0 saturated heterocycles. The van der Waals surface area contributed by atoms with Crippen LogP contribution in [0.4, 0.5) is 13.2 Å². The minimum absolute atomic E-state index is 0.155. The van der Waals surface area contributed by atoms with E-state index in [0.717, 1.165) is 6.07 Å². The Kier molecular flexibility index (Phi) is 2.70. The highest BCUT2D eigenvalue weighted by atomic mass is 19.2. The molecular weight excluding hydrogens is 255 g/mol. The van der Waals surface area contributed by atoms with E-state index in [4.69, 9.17) is 5.11 Å². The highest BCUT2D eigenvalue weighted by molar-refractivity contribution is 5.86. The Bertz CT molecular complexity index is 612. The van der Waals surface area contributed by atoms with E-state index in [1.807, 2.05) is 0 Å². The number of benzene rings is 1. The van der Waals surface area contributed by atoms with Gasteiger partial charge in [0.2, 0.25) is 0 Å². The average molecular weight is 259 g/mol. The molecule has 0 fully saturated rings. The maximum Gasteiger partial charge on any atom is 0.358 e. The fraction of sp³-hybridized carbons (Fsp3) is 0. The minimum atomic E-state index is -1.57. The Labute approximate surface area is 97.1 Å². The maximum atomic E-state index is 13.4. The summed E-state index contributed by atoms with van der Waals surface area (Å²) in [4.78, 5) is 10.5. The van der Waals surface area contributed by atoms with E-state index in [2.05, 4.69) is 9.68 Å². The molecule has 5 nitrogen and oxygen atoms in total. The second kappa shape index (κ2) is 4.06. The van der Waals surface area contributed by atoms with E-state index in [0.29, 0.717) is 0 Å². The Morgan fingerprint density at radius 2 is 1.89 bits per heavy atom. The SMILES string of the molecule is O=C(O)c1cc(-c2c(O)c(F)cc(F)c2F)on1. The van der Waals surface area contributed by atoms with Gasteiger partial charge in [0, 0.05) is 12.1 Å². The zero-order valence-corrected chi connectivity index (χ0v) is 8.45. The van der Waals surface area contributed by atoms with Crippen LogP contribution in [0.1, 0.15) is 10.5 Å². The first-order valence-corrected chi connectivity index (χ1v) is 4.48. The summed E-state index contributed by atoms with van der Waals surface area (Å²) < 4.78 is 43.8. The van der Waals surface area contributed by atoms with Crippen molar-refractivity contribution in [2.75, 3.05) is 0 Å². The number of aromatic carboxylic acids is 1. The lowest BCUT2D eigenvalue weighted by Crippen LogP contribution is -1.95. The van der Waals surface area contributed by atoms with Crippen molar-refractivity contribution in [3.8, 4) is 17.1 Å². The van der Waals surface area contributed by atoms with Gasteiger partial charge >= 0.3 is 5.97 Å². The van der Waals surface area contributed by atoms with Gasteiger partial charge in [-0.1, -0.05) is 5.16 Å². The Morgan fingerprint density at radius 1 is 1.22 bits per heavy atom. The molecule has 94 valence electrons. The van der Waals surface area contributed by atoms with Gasteiger partial charge in [0.15, 0.2) is 34.7 Å². The average Bonchev–Trinajstić information content (AvgIpc) is 2.76. The molecule has 1 heterocycles. The first-order valence-electron chi connectivity index (χ1n) is 4.48. The predicted octanol–water partition coefficient (Wildman–Crippen LogP) is 2.16. The number of hydrogen-bond acceptors (Lipinski definition) is 4. The van der Waals surface area contributed by atoms with Gasteiger partial charge in [0.25, 0.3) is 0 Å². The van der Waals surface area contributed by atoms with Gasteiger partial charge < -0.3 is 14.7 Å². The molecule has 2 rings (SSSR count). The molecule has 8 heteroatoms. The number of phenols is 1. The summed E-state index contributed by atoms with van der Waals surface area (Å²) in [6.07, 6.45) is 0. The molecule has 0 spiro atoms. The number of aromatic nitrogens is 1. The maximum absolute atomic E-state index is 13.4. The summed E-state index contributed by atoms with van der Waals surface area (Å²) in [5.41, 5.74) is -1.51. The number of carboxylic acid groups (broad SMARTS) is 1. The molecule has 0 bridgehead atoms. The van der Waals surface area contributed by atoms with Gasteiger partial charge in [-0.05, 0) is 0 Å². The zero-order valence-electron chi connectivity index (χ0n) is 8.45. The van der Waals surface area contributed by atoms with E-state index >= 15 is 0 Å². The number of phenolic OH excluding ortho intramolecular Hbond substituents is 1. The third kappa shape index (κ3) is 1.77. The van der Waals surface area contributed by atoms with Crippen LogP contribution < -0.4 is 0 Å². The number of hydrogen-bond donors (Lipinski definition) is 2. The molecule has 1 aromatic heterocycles. The van der Waals surface area contributed by atoms with Crippen molar-refractivity contribution >= 4 is 5.97 Å². The van der Waals surface area contributed by atoms with Crippen molar-refractivity contribution in [2.45, 2.75) is 0 Å². The number of halogens is 3. The molecule has 18 heavy (non-hydrogen) atoms. The topological polar surface area (TPSA) is 83.6 Å². The van der Waals surface area contributed by atoms with Crippen LogP contribution in [0.3, 0.4) is 0 Å². The van der Waals surface area contributed by atoms with Gasteiger partial charge in [-0.15, -0.1) is 0 Å². The van der Waals surface area contributed by atoms with Crippen LogP contribution in [-0.2, 0) is 0 Å². The van der Waals surface area contributed by atoms with E-state index in [1.165, 1.54) is 0 Å². The molecule has 2 aromatic rings. The Hall–Kier alpha value is -2.51. The summed E-state index contributed by atoms with van der Waals surface area (Å²) in [6.45, 7) is 0. The van der Waals surface area contributed by atoms with Crippen LogP contribution in [0.2, 0.25) is 0 Å². The highest BCUT2D eigenvalue weighted by Crippen LogP contribution is 2.35. The number of carbonyl (C=O) groups is 1. The van der Waals surface area contributed by atoms with Gasteiger partial charge in [-0.2, -0.15) is 0 Å².